The van der Waals surface area contributed by atoms with Crippen LogP contribution in [0.25, 0.3) is 5.70 Å². The minimum atomic E-state index is -0.423. The van der Waals surface area contributed by atoms with Gasteiger partial charge in [-0.05, 0) is 13.0 Å². The van der Waals surface area contributed by atoms with Crippen molar-refractivity contribution in [1.29, 1.82) is 5.26 Å². The number of hydrogen-bond donors (Lipinski definition) is 3. The maximum Gasteiger partial charge on any atom is 0.180 e. The van der Waals surface area contributed by atoms with Crippen molar-refractivity contribution >= 4 is 33.9 Å². The second kappa shape index (κ2) is 10.8. The quantitative estimate of drug-likeness (QED) is 0.202. The van der Waals surface area contributed by atoms with Crippen molar-refractivity contribution in [3.63, 3.8) is 0 Å². The molecule has 0 saturated carbocycles. The number of ether oxygens (including phenoxy) is 3. The third-order valence-corrected chi connectivity index (χ3v) is 6.39. The van der Waals surface area contributed by atoms with E-state index in [1.807, 2.05) is 6.92 Å². The highest BCUT2D eigenvalue weighted by Crippen LogP contribution is 2.31. The molecule has 3 heterocycles. The Morgan fingerprint density at radius 2 is 2.35 bits per heavy atom. The van der Waals surface area contributed by atoms with Gasteiger partial charge in [-0.2, -0.15) is 5.26 Å². The molecule has 1 aliphatic heterocycles. The van der Waals surface area contributed by atoms with Crippen molar-refractivity contribution in [3.05, 3.63) is 41.3 Å². The Morgan fingerprint density at radius 1 is 1.55 bits per heavy atom. The minimum Gasteiger partial charge on any atom is -0.396 e. The van der Waals surface area contributed by atoms with Crippen LogP contribution in [0.4, 0.5) is 5.13 Å². The number of hydrazine groups is 1. The number of hydrogen-bond acceptors (Lipinski definition) is 12. The highest BCUT2D eigenvalue weighted by Gasteiger charge is 2.35. The van der Waals surface area contributed by atoms with Crippen molar-refractivity contribution < 1.29 is 14.2 Å². The van der Waals surface area contributed by atoms with Crippen LogP contribution in [-0.4, -0.2) is 59.0 Å². The van der Waals surface area contributed by atoms with E-state index in [4.69, 9.17) is 36.8 Å². The zero-order valence-electron chi connectivity index (χ0n) is 17.2. The van der Waals surface area contributed by atoms with Crippen LogP contribution in [0.2, 0.25) is 0 Å². The summed E-state index contributed by atoms with van der Waals surface area (Å²) in [7, 11) is 1.59. The Bertz CT molecular complexity index is 949. The minimum absolute atomic E-state index is 0.0104. The molecule has 166 valence electrons. The number of rotatable bonds is 10. The number of nitriles is 1. The van der Waals surface area contributed by atoms with E-state index in [0.29, 0.717) is 35.2 Å². The number of nitrogens with two attached hydrogens (primary N) is 3. The van der Waals surface area contributed by atoms with E-state index in [-0.39, 0.29) is 12.2 Å². The van der Waals surface area contributed by atoms with Crippen LogP contribution >= 0.6 is 23.1 Å². The highest BCUT2D eigenvalue weighted by molar-refractivity contribution is 7.99. The van der Waals surface area contributed by atoms with Gasteiger partial charge >= 0.3 is 0 Å². The molecule has 0 radical (unpaired) electrons. The summed E-state index contributed by atoms with van der Waals surface area (Å²) < 4.78 is 17.4. The SMILES string of the molecule is CO[C@@H](CN(N)/C=C(\N)c1csc(N)n1)C(OC1COC1C)Sc1cncc(C#N)c1. The van der Waals surface area contributed by atoms with Crippen molar-refractivity contribution in [3.8, 4) is 6.07 Å². The van der Waals surface area contributed by atoms with Crippen LogP contribution in [-0.2, 0) is 14.2 Å². The van der Waals surface area contributed by atoms with Gasteiger partial charge in [-0.1, -0.05) is 11.8 Å². The summed E-state index contributed by atoms with van der Waals surface area (Å²) in [6.45, 7) is 2.76. The van der Waals surface area contributed by atoms with E-state index in [2.05, 4.69) is 16.0 Å². The summed E-state index contributed by atoms with van der Waals surface area (Å²) in [6, 6.07) is 3.85. The number of thioether (sulfide) groups is 1. The second-order valence-corrected chi connectivity index (χ2v) is 8.91. The van der Waals surface area contributed by atoms with Crippen LogP contribution in [0, 0.1) is 11.3 Å². The molecule has 31 heavy (non-hydrogen) atoms. The number of thiazole rings is 1. The van der Waals surface area contributed by atoms with E-state index in [1.165, 1.54) is 34.3 Å². The highest BCUT2D eigenvalue weighted by atomic mass is 32.2. The lowest BCUT2D eigenvalue weighted by Gasteiger charge is -2.38. The summed E-state index contributed by atoms with van der Waals surface area (Å²) in [5.74, 6) is 6.17. The van der Waals surface area contributed by atoms with Gasteiger partial charge in [-0.3, -0.25) is 4.98 Å². The van der Waals surface area contributed by atoms with E-state index in [1.54, 1.807) is 31.0 Å². The van der Waals surface area contributed by atoms with E-state index in [0.717, 1.165) is 4.90 Å². The Morgan fingerprint density at radius 3 is 2.94 bits per heavy atom. The lowest BCUT2D eigenvalue weighted by molar-refractivity contribution is -0.198. The molecule has 0 aliphatic carbocycles. The first-order valence-corrected chi connectivity index (χ1v) is 11.2. The number of methoxy groups -OCH3 is 1. The predicted octanol–water partition coefficient (Wildman–Crippen LogP) is 1.36. The van der Waals surface area contributed by atoms with E-state index in [9.17, 15) is 0 Å². The Kier molecular flexibility index (Phi) is 8.08. The van der Waals surface area contributed by atoms with E-state index < -0.39 is 11.5 Å². The molecule has 0 spiro atoms. The first-order chi connectivity index (χ1) is 14.9. The van der Waals surface area contributed by atoms with Crippen LogP contribution in [0.3, 0.4) is 0 Å². The predicted molar refractivity (Wildman–Crippen MR) is 119 cm³/mol. The monoisotopic (exact) mass is 463 g/mol. The molecule has 3 rings (SSSR count). The maximum atomic E-state index is 9.15. The molecule has 1 fully saturated rings. The Hall–Kier alpha value is -2.40. The third kappa shape index (κ3) is 6.30. The summed E-state index contributed by atoms with van der Waals surface area (Å²) in [5, 5.41) is 12.8. The molecule has 0 amide bonds. The van der Waals surface area contributed by atoms with Crippen LogP contribution in [0.5, 0.6) is 0 Å². The van der Waals surface area contributed by atoms with Crippen molar-refractivity contribution in [2.45, 2.75) is 35.6 Å². The fourth-order valence-corrected chi connectivity index (χ4v) is 4.46. The third-order valence-electron chi connectivity index (χ3n) is 4.57. The molecule has 1 saturated heterocycles. The number of anilines is 1. The normalized spacial score (nSPS) is 20.5. The van der Waals surface area contributed by atoms with Crippen molar-refractivity contribution in [2.75, 3.05) is 26.0 Å². The number of nitrogen functional groups attached to an aromatic ring is 1. The molecule has 6 N–H and O–H groups in total. The van der Waals surface area contributed by atoms with Crippen LogP contribution < -0.4 is 17.3 Å². The molecule has 4 atom stereocenters. The number of nitrogens with zero attached hydrogens (tertiary/aromatic N) is 4. The first kappa shape index (κ1) is 23.3. The fourth-order valence-electron chi connectivity index (χ4n) is 2.76. The number of aromatic nitrogens is 2. The molecule has 3 unspecified atom stereocenters. The van der Waals surface area contributed by atoms with Crippen molar-refractivity contribution in [2.24, 2.45) is 11.6 Å². The van der Waals surface area contributed by atoms with Crippen molar-refractivity contribution in [1.82, 2.24) is 15.0 Å². The van der Waals surface area contributed by atoms with Gasteiger partial charge in [0.05, 0.1) is 30.5 Å². The van der Waals surface area contributed by atoms with Gasteiger partial charge in [-0.15, -0.1) is 11.3 Å². The standard InChI is InChI=1S/C19H25N7O3S2/c1-11-17(9-28-11)29-18(31-13-3-12(4-20)5-24-6-13)16(27-2)8-26(23)7-14(21)15-10-30-19(22)25-15/h3,5-7,10-11,16-18H,8-9,21,23H2,1-2H3,(H2,22,25)/b14-7-/t11?,16-,17?,18?/m0/s1. The molecule has 0 aromatic carbocycles. The van der Waals surface area contributed by atoms with Gasteiger partial charge in [-0.25, -0.2) is 10.8 Å². The van der Waals surface area contributed by atoms with Gasteiger partial charge < -0.3 is 30.7 Å². The molecular formula is C19H25N7O3S2. The van der Waals surface area contributed by atoms with Crippen LogP contribution in [0.1, 0.15) is 18.2 Å². The summed E-state index contributed by atoms with van der Waals surface area (Å²) >= 11 is 2.71. The summed E-state index contributed by atoms with van der Waals surface area (Å²) in [4.78, 5) is 9.05. The lowest BCUT2D eigenvalue weighted by Crippen LogP contribution is -2.50. The smallest absolute Gasteiger partial charge is 0.180 e. The fraction of sp³-hybridized carbons (Fsp3) is 0.421. The largest absolute Gasteiger partial charge is 0.396 e. The maximum absolute atomic E-state index is 9.15. The lowest BCUT2D eigenvalue weighted by atomic mass is 10.1. The van der Waals surface area contributed by atoms with E-state index >= 15 is 0 Å². The average molecular weight is 464 g/mol. The zero-order valence-corrected chi connectivity index (χ0v) is 18.8. The molecule has 0 bridgehead atoms. The van der Waals surface area contributed by atoms with Gasteiger partial charge in [0.1, 0.15) is 29.4 Å². The number of pyridine rings is 1. The van der Waals surface area contributed by atoms with Gasteiger partial charge in [0.25, 0.3) is 0 Å². The molecular weight excluding hydrogens is 438 g/mol. The Labute approximate surface area is 188 Å². The van der Waals surface area contributed by atoms with Gasteiger partial charge in [0.15, 0.2) is 5.13 Å². The average Bonchev–Trinajstić information content (AvgIpc) is 3.20. The zero-order chi connectivity index (χ0) is 22.4. The summed E-state index contributed by atoms with van der Waals surface area (Å²) in [6.07, 6.45) is 4.28. The molecule has 2 aromatic heterocycles. The molecule has 1 aliphatic rings. The first-order valence-electron chi connectivity index (χ1n) is 9.41. The summed E-state index contributed by atoms with van der Waals surface area (Å²) in [5.41, 5.74) is 12.7. The Balaban J connectivity index is 1.73. The van der Waals surface area contributed by atoms with Crippen LogP contribution in [0.15, 0.2) is 34.9 Å². The topological polar surface area (TPSA) is 159 Å². The molecule has 10 nitrogen and oxygen atoms in total. The molecule has 12 heteroatoms. The second-order valence-electron chi connectivity index (χ2n) is 6.85. The van der Waals surface area contributed by atoms with Gasteiger partial charge in [0.2, 0.25) is 0 Å². The molecule has 2 aromatic rings. The van der Waals surface area contributed by atoms with Gasteiger partial charge in [0, 0.05) is 36.0 Å².